The van der Waals surface area contributed by atoms with Crippen molar-refractivity contribution in [2.75, 3.05) is 0 Å². The van der Waals surface area contributed by atoms with Crippen molar-refractivity contribution in [3.8, 4) is 0 Å². The van der Waals surface area contributed by atoms with Crippen molar-refractivity contribution < 1.29 is 9.90 Å². The second-order valence-electron chi connectivity index (χ2n) is 1.22. The number of carbonyl (C=O) groups is 1. The first-order chi connectivity index (χ1) is 3.77. The molecule has 0 aliphatic heterocycles. The molecule has 0 atom stereocenters. The molecule has 0 amide bonds. The number of hydrogen-bond acceptors (Lipinski definition) is 1. The molecule has 2 nitrogen and oxygen atoms in total. The number of carboxylic acids is 1. The number of hydrogen-bond donors (Lipinski definition) is 1. The van der Waals surface area contributed by atoms with E-state index in [1.165, 1.54) is 6.08 Å². The van der Waals surface area contributed by atoms with E-state index in [1.54, 1.807) is 12.2 Å². The Bertz CT molecular complexity index is 127. The molecule has 0 saturated carbocycles. The Labute approximate surface area is 84.3 Å². The molecule has 9 heavy (non-hydrogen) atoms. The SMILES string of the molecule is C/C=C/C=C/C(=O)O.[CaH2]. The van der Waals surface area contributed by atoms with Gasteiger partial charge in [-0.2, -0.15) is 0 Å². The summed E-state index contributed by atoms with van der Waals surface area (Å²) in [6.45, 7) is 1.83. The summed E-state index contributed by atoms with van der Waals surface area (Å²) < 4.78 is 0. The Hall–Kier alpha value is 0.210. The van der Waals surface area contributed by atoms with Crippen LogP contribution in [0, 0.1) is 0 Å². The summed E-state index contributed by atoms with van der Waals surface area (Å²) >= 11 is 0. The van der Waals surface area contributed by atoms with E-state index in [0.29, 0.717) is 0 Å². The molecule has 1 N–H and O–H groups in total. The van der Waals surface area contributed by atoms with Crippen LogP contribution in [0.1, 0.15) is 6.92 Å². The maximum atomic E-state index is 9.75. The molecular weight excluding hydrogens is 144 g/mol. The molecule has 0 spiro atoms. The van der Waals surface area contributed by atoms with Crippen LogP contribution < -0.4 is 0 Å². The Balaban J connectivity index is 0. The van der Waals surface area contributed by atoms with Gasteiger partial charge in [-0.3, -0.25) is 0 Å². The Kier molecular flexibility index (Phi) is 10.9. The zero-order valence-electron chi connectivity index (χ0n) is 4.66. The molecule has 0 rings (SSSR count). The van der Waals surface area contributed by atoms with Crippen molar-refractivity contribution in [3.05, 3.63) is 24.3 Å². The van der Waals surface area contributed by atoms with Gasteiger partial charge in [-0.1, -0.05) is 18.2 Å². The third kappa shape index (κ3) is 11.7. The monoisotopic (exact) mass is 154 g/mol. The normalized spacial score (nSPS) is 9.89. The van der Waals surface area contributed by atoms with Crippen LogP contribution in [-0.4, -0.2) is 48.8 Å². The predicted molar refractivity (Wildman–Crippen MR) is 40.1 cm³/mol. The summed E-state index contributed by atoms with van der Waals surface area (Å²) in [5.74, 6) is -0.914. The molecule has 0 fully saturated rings. The fourth-order valence-electron chi connectivity index (χ4n) is 0.249. The quantitative estimate of drug-likeness (QED) is 0.352. The van der Waals surface area contributed by atoms with E-state index in [0.717, 1.165) is 6.08 Å². The average molecular weight is 154 g/mol. The number of allylic oxidation sites excluding steroid dienone is 3. The van der Waals surface area contributed by atoms with E-state index in [1.807, 2.05) is 6.92 Å². The fourth-order valence-corrected chi connectivity index (χ4v) is 0.249. The van der Waals surface area contributed by atoms with Crippen LogP contribution in [0.15, 0.2) is 24.3 Å². The van der Waals surface area contributed by atoms with Crippen molar-refractivity contribution >= 4 is 43.7 Å². The van der Waals surface area contributed by atoms with Gasteiger partial charge in [0.25, 0.3) is 0 Å². The van der Waals surface area contributed by atoms with E-state index in [2.05, 4.69) is 0 Å². The maximum absolute atomic E-state index is 9.75. The van der Waals surface area contributed by atoms with Gasteiger partial charge in [0, 0.05) is 6.08 Å². The fraction of sp³-hybridized carbons (Fsp3) is 0.167. The van der Waals surface area contributed by atoms with Gasteiger partial charge < -0.3 is 5.11 Å². The number of carboxylic acid groups (broad SMARTS) is 1. The molecule has 0 aliphatic rings. The summed E-state index contributed by atoms with van der Waals surface area (Å²) in [6.07, 6.45) is 5.98. The van der Waals surface area contributed by atoms with Crippen LogP contribution in [0.2, 0.25) is 0 Å². The first-order valence-electron chi connectivity index (χ1n) is 2.29. The molecule has 0 aromatic rings. The average Bonchev–Trinajstić information content (AvgIpc) is 1.66. The molecule has 0 bridgehead atoms. The molecule has 0 aliphatic carbocycles. The molecular formula is C6H10CaO2. The first kappa shape index (κ1) is 11.9. The second-order valence-corrected chi connectivity index (χ2v) is 1.22. The minimum absolute atomic E-state index is 0. The summed E-state index contributed by atoms with van der Waals surface area (Å²) in [5, 5.41) is 8.02. The van der Waals surface area contributed by atoms with Crippen LogP contribution in [-0.2, 0) is 4.79 Å². The Morgan fingerprint density at radius 3 is 2.33 bits per heavy atom. The van der Waals surface area contributed by atoms with E-state index in [-0.39, 0.29) is 37.7 Å². The third-order valence-corrected chi connectivity index (χ3v) is 0.542. The molecule has 48 valence electrons. The van der Waals surface area contributed by atoms with Gasteiger partial charge in [0.05, 0.1) is 0 Å². The van der Waals surface area contributed by atoms with Crippen molar-refractivity contribution in [1.82, 2.24) is 0 Å². The third-order valence-electron chi connectivity index (χ3n) is 0.542. The predicted octanol–water partition coefficient (Wildman–Crippen LogP) is 0.287. The van der Waals surface area contributed by atoms with Gasteiger partial charge in [-0.15, -0.1) is 0 Å². The van der Waals surface area contributed by atoms with Gasteiger partial charge >= 0.3 is 43.7 Å². The first-order valence-corrected chi connectivity index (χ1v) is 2.29. The minimum atomic E-state index is -0.914. The van der Waals surface area contributed by atoms with Crippen molar-refractivity contribution in [1.29, 1.82) is 0 Å². The number of aliphatic carboxylic acids is 1. The van der Waals surface area contributed by atoms with Crippen molar-refractivity contribution in [3.63, 3.8) is 0 Å². The number of rotatable bonds is 2. The zero-order valence-corrected chi connectivity index (χ0v) is 4.66. The van der Waals surface area contributed by atoms with E-state index < -0.39 is 5.97 Å². The molecule has 0 unspecified atom stereocenters. The molecule has 0 heterocycles. The summed E-state index contributed by atoms with van der Waals surface area (Å²) in [5.41, 5.74) is 0. The van der Waals surface area contributed by atoms with Crippen LogP contribution in [0.3, 0.4) is 0 Å². The van der Waals surface area contributed by atoms with E-state index in [4.69, 9.17) is 5.11 Å². The van der Waals surface area contributed by atoms with Gasteiger partial charge in [0.15, 0.2) is 0 Å². The molecule has 0 radical (unpaired) electrons. The molecule has 0 aromatic heterocycles. The zero-order chi connectivity index (χ0) is 6.41. The topological polar surface area (TPSA) is 37.3 Å². The van der Waals surface area contributed by atoms with Crippen molar-refractivity contribution in [2.45, 2.75) is 6.92 Å². The van der Waals surface area contributed by atoms with Gasteiger partial charge in [0.1, 0.15) is 0 Å². The molecule has 3 heteroatoms. The van der Waals surface area contributed by atoms with Crippen molar-refractivity contribution in [2.24, 2.45) is 0 Å². The van der Waals surface area contributed by atoms with Crippen LogP contribution in [0.5, 0.6) is 0 Å². The Morgan fingerprint density at radius 2 is 2.00 bits per heavy atom. The Morgan fingerprint density at radius 1 is 1.44 bits per heavy atom. The summed E-state index contributed by atoms with van der Waals surface area (Å²) in [4.78, 5) is 9.75. The summed E-state index contributed by atoms with van der Waals surface area (Å²) in [6, 6.07) is 0. The van der Waals surface area contributed by atoms with Gasteiger partial charge in [-0.05, 0) is 6.92 Å². The molecule has 0 saturated heterocycles. The van der Waals surface area contributed by atoms with E-state index in [9.17, 15) is 4.79 Å². The van der Waals surface area contributed by atoms with Gasteiger partial charge in [0.2, 0.25) is 0 Å². The standard InChI is InChI=1S/C6H8O2.Ca.2H/c1-2-3-4-5-6(7)8;;;/h2-5H,1H3,(H,7,8);;;/b3-2+,5-4+;;;. The van der Waals surface area contributed by atoms with E-state index >= 15 is 0 Å². The van der Waals surface area contributed by atoms with Gasteiger partial charge in [-0.25, -0.2) is 4.79 Å². The summed E-state index contributed by atoms with van der Waals surface area (Å²) in [7, 11) is 0. The van der Waals surface area contributed by atoms with Crippen LogP contribution >= 0.6 is 0 Å². The second kappa shape index (κ2) is 8.21. The van der Waals surface area contributed by atoms with Crippen LogP contribution in [0.4, 0.5) is 0 Å². The van der Waals surface area contributed by atoms with Crippen LogP contribution in [0.25, 0.3) is 0 Å². The molecule has 0 aromatic carbocycles.